The van der Waals surface area contributed by atoms with Gasteiger partial charge in [-0.3, -0.25) is 4.79 Å². The lowest BCUT2D eigenvalue weighted by Crippen LogP contribution is -2.29. The SMILES string of the molecule is COOSc1ccc(C2=C(c3ccccc3)C(=O)C(C)(C)O2)cc1Br. The Morgan fingerprint density at radius 3 is 2.44 bits per heavy atom. The average Bonchev–Trinajstić information content (AvgIpc) is 2.84. The predicted octanol–water partition coefficient (Wildman–Crippen LogP) is 5.28. The molecule has 2 aromatic rings. The van der Waals surface area contributed by atoms with E-state index in [0.29, 0.717) is 11.3 Å². The van der Waals surface area contributed by atoms with E-state index in [1.54, 1.807) is 13.8 Å². The van der Waals surface area contributed by atoms with Crippen molar-refractivity contribution in [1.82, 2.24) is 0 Å². The Morgan fingerprint density at radius 2 is 1.80 bits per heavy atom. The summed E-state index contributed by atoms with van der Waals surface area (Å²) in [5, 5.41) is 0. The van der Waals surface area contributed by atoms with Gasteiger partial charge in [-0.2, -0.15) is 4.33 Å². The van der Waals surface area contributed by atoms with Crippen LogP contribution in [-0.2, 0) is 18.8 Å². The lowest BCUT2D eigenvalue weighted by atomic mass is 9.93. The van der Waals surface area contributed by atoms with E-state index in [4.69, 9.17) is 9.07 Å². The molecule has 130 valence electrons. The van der Waals surface area contributed by atoms with Crippen LogP contribution in [0.15, 0.2) is 57.9 Å². The van der Waals surface area contributed by atoms with E-state index in [9.17, 15) is 4.79 Å². The smallest absolute Gasteiger partial charge is 0.210 e. The summed E-state index contributed by atoms with van der Waals surface area (Å²) in [7, 11) is 1.45. The third-order valence-corrected chi connectivity index (χ3v) is 5.46. The zero-order valence-electron chi connectivity index (χ0n) is 14.0. The lowest BCUT2D eigenvalue weighted by Gasteiger charge is -2.18. The van der Waals surface area contributed by atoms with Crippen molar-refractivity contribution < 1.29 is 18.8 Å². The second-order valence-electron chi connectivity index (χ2n) is 5.97. The molecule has 1 heterocycles. The van der Waals surface area contributed by atoms with Crippen molar-refractivity contribution in [2.24, 2.45) is 0 Å². The molecule has 0 saturated heterocycles. The molecule has 0 saturated carbocycles. The Morgan fingerprint density at radius 1 is 1.08 bits per heavy atom. The standard InChI is InChI=1S/C19H17BrO4S/c1-19(2)18(21)16(12-7-5-4-6-8-12)17(23-19)13-9-10-15(14(20)11-13)25-24-22-3/h4-11H,1-3H3. The number of ketones is 1. The lowest BCUT2D eigenvalue weighted by molar-refractivity contribution is -0.160. The quantitative estimate of drug-likeness (QED) is 0.373. The highest BCUT2D eigenvalue weighted by Gasteiger charge is 2.42. The maximum absolute atomic E-state index is 12.9. The van der Waals surface area contributed by atoms with Crippen molar-refractivity contribution in [2.45, 2.75) is 24.3 Å². The topological polar surface area (TPSA) is 44.8 Å². The molecule has 25 heavy (non-hydrogen) atoms. The van der Waals surface area contributed by atoms with Crippen LogP contribution in [0.25, 0.3) is 11.3 Å². The van der Waals surface area contributed by atoms with Crippen LogP contribution >= 0.6 is 28.0 Å². The van der Waals surface area contributed by atoms with Gasteiger partial charge < -0.3 is 4.74 Å². The molecule has 2 aromatic carbocycles. The molecule has 3 rings (SSSR count). The van der Waals surface area contributed by atoms with Gasteiger partial charge in [-0.05, 0) is 53.5 Å². The molecule has 1 aliphatic rings. The van der Waals surface area contributed by atoms with Crippen LogP contribution in [0.1, 0.15) is 25.0 Å². The monoisotopic (exact) mass is 420 g/mol. The summed E-state index contributed by atoms with van der Waals surface area (Å²) in [5.41, 5.74) is 1.39. The van der Waals surface area contributed by atoms with Gasteiger partial charge in [0.1, 0.15) is 5.76 Å². The Kier molecular flexibility index (Phi) is 5.34. The zero-order chi connectivity index (χ0) is 18.0. The second kappa shape index (κ2) is 7.33. The number of hydrogen-bond donors (Lipinski definition) is 0. The molecule has 0 fully saturated rings. The molecule has 6 heteroatoms. The van der Waals surface area contributed by atoms with Crippen LogP contribution in [0.5, 0.6) is 0 Å². The summed E-state index contributed by atoms with van der Waals surface area (Å²) in [6, 6.07) is 15.3. The van der Waals surface area contributed by atoms with Gasteiger partial charge in [-0.25, -0.2) is 4.89 Å². The van der Waals surface area contributed by atoms with Crippen LogP contribution in [0.2, 0.25) is 0 Å². The van der Waals surface area contributed by atoms with Gasteiger partial charge in [-0.15, -0.1) is 0 Å². The van der Waals surface area contributed by atoms with Crippen LogP contribution in [0.4, 0.5) is 0 Å². The highest BCUT2D eigenvalue weighted by Crippen LogP contribution is 2.42. The van der Waals surface area contributed by atoms with E-state index in [2.05, 4.69) is 20.8 Å². The highest BCUT2D eigenvalue weighted by atomic mass is 79.9. The Bertz CT molecular complexity index is 831. The number of halogens is 1. The first-order chi connectivity index (χ1) is 11.9. The summed E-state index contributed by atoms with van der Waals surface area (Å²) >= 11 is 4.63. The fourth-order valence-electron chi connectivity index (χ4n) is 2.61. The van der Waals surface area contributed by atoms with Gasteiger partial charge in [0.2, 0.25) is 5.78 Å². The van der Waals surface area contributed by atoms with E-state index >= 15 is 0 Å². The van der Waals surface area contributed by atoms with E-state index in [1.807, 2.05) is 48.5 Å². The first-order valence-electron chi connectivity index (χ1n) is 7.65. The van der Waals surface area contributed by atoms with Gasteiger partial charge >= 0.3 is 0 Å². The molecule has 4 nitrogen and oxygen atoms in total. The number of carbonyl (C=O) groups excluding carboxylic acids is 1. The summed E-state index contributed by atoms with van der Waals surface area (Å²) in [5.74, 6) is 0.567. The molecule has 0 amide bonds. The molecular formula is C19H17BrO4S. The molecule has 0 atom stereocenters. The Balaban J connectivity index is 2.07. The van der Waals surface area contributed by atoms with Gasteiger partial charge in [0.15, 0.2) is 5.60 Å². The minimum absolute atomic E-state index is 0.0222. The summed E-state index contributed by atoms with van der Waals surface area (Å²) in [4.78, 5) is 18.3. The number of rotatable bonds is 5. The maximum atomic E-state index is 12.9. The van der Waals surface area contributed by atoms with Gasteiger partial charge in [0.05, 0.1) is 29.6 Å². The van der Waals surface area contributed by atoms with Gasteiger partial charge in [-0.1, -0.05) is 30.3 Å². The first kappa shape index (κ1) is 18.2. The molecule has 0 unspecified atom stereocenters. The summed E-state index contributed by atoms with van der Waals surface area (Å²) in [6.45, 7) is 3.58. The van der Waals surface area contributed by atoms with Crippen molar-refractivity contribution in [1.29, 1.82) is 0 Å². The number of hydrogen-bond acceptors (Lipinski definition) is 5. The van der Waals surface area contributed by atoms with Gasteiger partial charge in [0.25, 0.3) is 0 Å². The fraction of sp³-hybridized carbons (Fsp3) is 0.211. The highest BCUT2D eigenvalue weighted by molar-refractivity contribution is 9.10. The number of carbonyl (C=O) groups is 1. The summed E-state index contributed by atoms with van der Waals surface area (Å²) < 4.78 is 11.8. The number of ether oxygens (including phenoxy) is 1. The van der Waals surface area contributed by atoms with Crippen molar-refractivity contribution >= 4 is 45.1 Å². The molecule has 0 aliphatic carbocycles. The third-order valence-electron chi connectivity index (χ3n) is 3.81. The van der Waals surface area contributed by atoms with E-state index < -0.39 is 5.60 Å². The minimum Gasteiger partial charge on any atom is -0.478 e. The third kappa shape index (κ3) is 3.67. The fourth-order valence-corrected chi connectivity index (χ4v) is 3.59. The van der Waals surface area contributed by atoms with Gasteiger partial charge in [0, 0.05) is 10.0 Å². The van der Waals surface area contributed by atoms with Crippen molar-refractivity contribution in [2.75, 3.05) is 7.11 Å². The maximum Gasteiger partial charge on any atom is 0.210 e. The molecule has 0 spiro atoms. The van der Waals surface area contributed by atoms with Crippen LogP contribution in [0, 0.1) is 0 Å². The Hall–Kier alpha value is -1.60. The normalized spacial score (nSPS) is 16.2. The van der Waals surface area contributed by atoms with Crippen LogP contribution in [-0.4, -0.2) is 18.5 Å². The predicted molar refractivity (Wildman–Crippen MR) is 102 cm³/mol. The second-order valence-corrected chi connectivity index (χ2v) is 7.57. The number of Topliss-reactive ketones (excluding diaryl/α,β-unsaturated/α-hetero) is 1. The molecule has 0 radical (unpaired) electrons. The van der Waals surface area contributed by atoms with Crippen molar-refractivity contribution in [3.63, 3.8) is 0 Å². The summed E-state index contributed by atoms with van der Waals surface area (Å²) in [6.07, 6.45) is 0. The minimum atomic E-state index is -0.889. The zero-order valence-corrected chi connectivity index (χ0v) is 16.4. The molecule has 1 aliphatic heterocycles. The van der Waals surface area contributed by atoms with E-state index in [1.165, 1.54) is 7.11 Å². The van der Waals surface area contributed by atoms with Crippen LogP contribution in [0.3, 0.4) is 0 Å². The molecule has 0 N–H and O–H groups in total. The van der Waals surface area contributed by atoms with Crippen molar-refractivity contribution in [3.05, 3.63) is 64.1 Å². The number of benzene rings is 2. The molecule has 0 aromatic heterocycles. The Labute approximate surface area is 159 Å². The van der Waals surface area contributed by atoms with E-state index in [0.717, 1.165) is 32.5 Å². The van der Waals surface area contributed by atoms with E-state index in [-0.39, 0.29) is 5.78 Å². The average molecular weight is 421 g/mol. The van der Waals surface area contributed by atoms with Crippen molar-refractivity contribution in [3.8, 4) is 0 Å². The van der Waals surface area contributed by atoms with Crippen LogP contribution < -0.4 is 0 Å². The first-order valence-corrected chi connectivity index (χ1v) is 9.18. The molecular weight excluding hydrogens is 404 g/mol. The molecule has 0 bridgehead atoms. The largest absolute Gasteiger partial charge is 0.478 e.